The largest absolute Gasteiger partial charge is 0.458 e. The maximum Gasteiger partial charge on any atom is 0.410 e. The van der Waals surface area contributed by atoms with Gasteiger partial charge in [-0.3, -0.25) is 14.5 Å². The van der Waals surface area contributed by atoms with E-state index in [0.717, 1.165) is 6.42 Å². The van der Waals surface area contributed by atoms with Crippen molar-refractivity contribution < 1.29 is 43.2 Å². The Morgan fingerprint density at radius 1 is 1.12 bits per heavy atom. The molecule has 0 spiro atoms. The molecular formula is C36H64N6O9. The molecule has 0 radical (unpaired) electrons. The highest BCUT2D eigenvalue weighted by atomic mass is 16.7. The fourth-order valence-electron chi connectivity index (χ4n) is 8.35. The average Bonchev–Trinajstić information content (AvgIpc) is 3.34. The molecule has 1 unspecified atom stereocenters. The quantitative estimate of drug-likeness (QED) is 0.0767. The Balaban J connectivity index is 2.00. The average molecular weight is 725 g/mol. The van der Waals surface area contributed by atoms with Crippen molar-refractivity contribution in [3.8, 4) is 0 Å². The summed E-state index contributed by atoms with van der Waals surface area (Å²) in [6, 6.07) is -1.000. The fourth-order valence-corrected chi connectivity index (χ4v) is 8.35. The third kappa shape index (κ3) is 9.92. The number of carbonyl (C=O) groups is 3. The van der Waals surface area contributed by atoms with Crippen LogP contribution in [0.15, 0.2) is 5.11 Å². The van der Waals surface area contributed by atoms with Crippen molar-refractivity contribution in [2.45, 2.75) is 154 Å². The Kier molecular flexibility index (Phi) is 15.6. The lowest BCUT2D eigenvalue weighted by molar-refractivity contribution is -0.295. The number of fused-ring (bicyclic) bond motifs is 1. The number of esters is 1. The molecule has 0 bridgehead atoms. The molecule has 15 heteroatoms. The van der Waals surface area contributed by atoms with Crippen molar-refractivity contribution in [1.82, 2.24) is 15.1 Å². The number of likely N-dealkylation sites (N-methyl/N-ethyl adjacent to an activating group) is 1. The van der Waals surface area contributed by atoms with Crippen LogP contribution in [0.4, 0.5) is 4.79 Å². The standard InChI is InChI=1S/C36H64N6O9/c1-12-27-36(8)30(42(34(46)51-36)17-15-13-14-16-39-40-37)25(6)38-20-21(2)19-35(7,47-11)31(23(4)28(43)24(5)32(45)49-27)50-33-29(44)26(41(9)10)18-22(3)48-33/h21-27,29-31,33,38,44H,12-20H2,1-11H3/t21-,22-,23+,24-,25-,26?,27-,29-,30-,31-,33+,35-,36-/m1/s1. The molecule has 3 aliphatic rings. The van der Waals surface area contributed by atoms with Crippen molar-refractivity contribution in [1.29, 1.82) is 0 Å². The number of methoxy groups -OCH3 is 1. The molecular weight excluding hydrogens is 660 g/mol. The van der Waals surface area contributed by atoms with E-state index in [0.29, 0.717) is 51.7 Å². The molecule has 3 aliphatic heterocycles. The monoisotopic (exact) mass is 724 g/mol. The predicted octanol–water partition coefficient (Wildman–Crippen LogP) is 4.44. The van der Waals surface area contributed by atoms with Crippen molar-refractivity contribution in [3.63, 3.8) is 0 Å². The summed E-state index contributed by atoms with van der Waals surface area (Å²) < 4.78 is 31.2. The van der Waals surface area contributed by atoms with Gasteiger partial charge in [0.15, 0.2) is 17.7 Å². The third-order valence-electron chi connectivity index (χ3n) is 11.3. The maximum absolute atomic E-state index is 14.2. The predicted molar refractivity (Wildman–Crippen MR) is 191 cm³/mol. The van der Waals surface area contributed by atoms with Gasteiger partial charge >= 0.3 is 12.1 Å². The second kappa shape index (κ2) is 18.5. The normalized spacial score (nSPS) is 40.1. The Morgan fingerprint density at radius 2 is 1.80 bits per heavy atom. The first kappa shape index (κ1) is 42.9. The van der Waals surface area contributed by atoms with Gasteiger partial charge < -0.3 is 39.0 Å². The minimum Gasteiger partial charge on any atom is -0.458 e. The molecule has 0 aliphatic carbocycles. The zero-order chi connectivity index (χ0) is 38.3. The van der Waals surface area contributed by atoms with Crippen LogP contribution in [0.2, 0.25) is 0 Å². The molecule has 3 rings (SSSR count). The maximum atomic E-state index is 14.2. The number of amides is 1. The number of ketones is 1. The highest BCUT2D eigenvalue weighted by Crippen LogP contribution is 2.40. The summed E-state index contributed by atoms with van der Waals surface area (Å²) >= 11 is 0. The van der Waals surface area contributed by atoms with Gasteiger partial charge in [-0.1, -0.05) is 32.3 Å². The van der Waals surface area contributed by atoms with Gasteiger partial charge in [-0.25, -0.2) is 4.79 Å². The van der Waals surface area contributed by atoms with Crippen LogP contribution in [0.1, 0.15) is 93.9 Å². The van der Waals surface area contributed by atoms with Gasteiger partial charge in [0.2, 0.25) is 0 Å². The van der Waals surface area contributed by atoms with Crippen molar-refractivity contribution in [2.75, 3.05) is 40.8 Å². The first-order valence-corrected chi connectivity index (χ1v) is 18.6. The van der Waals surface area contributed by atoms with Crippen molar-refractivity contribution in [3.05, 3.63) is 10.4 Å². The molecule has 0 aromatic carbocycles. The van der Waals surface area contributed by atoms with Gasteiger partial charge in [0.05, 0.1) is 23.9 Å². The topological polar surface area (TPSA) is 185 Å². The van der Waals surface area contributed by atoms with Crippen LogP contribution >= 0.6 is 0 Å². The highest BCUT2D eigenvalue weighted by Gasteiger charge is 2.58. The summed E-state index contributed by atoms with van der Waals surface area (Å²) in [6.07, 6.45) is -0.885. The second-order valence-electron chi connectivity index (χ2n) is 15.6. The Bertz CT molecular complexity index is 1240. The van der Waals surface area contributed by atoms with Gasteiger partial charge in [0.25, 0.3) is 0 Å². The van der Waals surface area contributed by atoms with Gasteiger partial charge in [-0.15, -0.1) is 0 Å². The number of Topliss-reactive ketones (excluding diaryl/α,β-unsaturated/α-hetero) is 1. The first-order chi connectivity index (χ1) is 23.9. The third-order valence-corrected chi connectivity index (χ3v) is 11.3. The minimum atomic E-state index is -1.21. The van der Waals surface area contributed by atoms with Crippen LogP contribution in [-0.2, 0) is 33.3 Å². The molecule has 292 valence electrons. The van der Waals surface area contributed by atoms with Crippen LogP contribution in [0.5, 0.6) is 0 Å². The second-order valence-corrected chi connectivity index (χ2v) is 15.6. The highest BCUT2D eigenvalue weighted by molar-refractivity contribution is 6.00. The molecule has 1 amide bonds. The van der Waals surface area contributed by atoms with Gasteiger partial charge in [-0.2, -0.15) is 0 Å². The van der Waals surface area contributed by atoms with E-state index < -0.39 is 71.5 Å². The molecule has 2 N–H and O–H groups in total. The molecule has 3 saturated heterocycles. The molecule has 15 nitrogen and oxygen atoms in total. The summed E-state index contributed by atoms with van der Waals surface area (Å²) in [6.45, 7) is 16.1. The van der Waals surface area contributed by atoms with E-state index in [2.05, 4.69) is 22.3 Å². The van der Waals surface area contributed by atoms with E-state index in [4.69, 9.17) is 29.2 Å². The van der Waals surface area contributed by atoms with Gasteiger partial charge in [-0.05, 0) is 98.8 Å². The van der Waals surface area contributed by atoms with Crippen molar-refractivity contribution >= 4 is 17.8 Å². The van der Waals surface area contributed by atoms with E-state index in [-0.39, 0.29) is 24.1 Å². The number of aliphatic hydroxyl groups is 1. The molecule has 3 fully saturated rings. The number of unbranched alkanes of at least 4 members (excludes halogenated alkanes) is 2. The number of hydrogen-bond donors (Lipinski definition) is 2. The Hall–Kier alpha value is -2.52. The zero-order valence-corrected chi connectivity index (χ0v) is 32.7. The zero-order valence-electron chi connectivity index (χ0n) is 32.7. The number of cyclic esters (lactones) is 1. The number of nitrogens with zero attached hydrogens (tertiary/aromatic N) is 5. The summed E-state index contributed by atoms with van der Waals surface area (Å²) in [5.41, 5.74) is 6.35. The molecule has 51 heavy (non-hydrogen) atoms. The van der Waals surface area contributed by atoms with Crippen LogP contribution in [0, 0.1) is 17.8 Å². The van der Waals surface area contributed by atoms with E-state index in [1.165, 1.54) is 6.92 Å². The number of rotatable bonds is 11. The molecule has 13 atom stereocenters. The Labute approximate surface area is 304 Å². The molecule has 0 saturated carbocycles. The number of aliphatic hydroxyl groups excluding tert-OH is 1. The number of carbonyl (C=O) groups excluding carboxylic acids is 3. The lowest BCUT2D eigenvalue weighted by Gasteiger charge is -2.46. The lowest BCUT2D eigenvalue weighted by atomic mass is 9.78. The smallest absolute Gasteiger partial charge is 0.410 e. The minimum absolute atomic E-state index is 0.00253. The summed E-state index contributed by atoms with van der Waals surface area (Å²) in [7, 11) is 5.37. The number of ether oxygens (including phenoxy) is 5. The lowest BCUT2D eigenvalue weighted by Crippen LogP contribution is -2.61. The molecule has 0 aromatic rings. The van der Waals surface area contributed by atoms with Crippen LogP contribution < -0.4 is 5.32 Å². The van der Waals surface area contributed by atoms with Crippen LogP contribution in [-0.4, -0.2) is 134 Å². The molecule has 3 heterocycles. The molecule has 0 aromatic heterocycles. The van der Waals surface area contributed by atoms with E-state index >= 15 is 0 Å². The van der Waals surface area contributed by atoms with Gasteiger partial charge in [0, 0.05) is 43.1 Å². The summed E-state index contributed by atoms with van der Waals surface area (Å²) in [4.78, 5) is 48.0. The fraction of sp³-hybridized carbons (Fsp3) is 0.917. The van der Waals surface area contributed by atoms with Gasteiger partial charge in [0.1, 0.15) is 18.1 Å². The van der Waals surface area contributed by atoms with Crippen molar-refractivity contribution in [2.24, 2.45) is 22.9 Å². The number of nitrogens with one attached hydrogen (secondary N) is 1. The number of azide groups is 1. The summed E-state index contributed by atoms with van der Waals surface area (Å²) in [5.74, 6) is -3.14. The SMILES string of the molecule is CC[C@H]1OC(=O)[C@H](C)C(=O)[C@H](C)[C@@H](O[C@@H]2O[C@H](C)CC(N(C)C)[C@H]2O)[C@](C)(OC)C[C@@H](C)CN[C@H](C)[C@H]2N(CCCCCN=[N+]=[N-])C(=O)O[C@]12C. The van der Waals surface area contributed by atoms with Crippen LogP contribution in [0.3, 0.4) is 0 Å². The summed E-state index contributed by atoms with van der Waals surface area (Å²) in [5, 5.41) is 18.6. The number of hydrogen-bond acceptors (Lipinski definition) is 12. The van der Waals surface area contributed by atoms with Crippen LogP contribution in [0.25, 0.3) is 10.4 Å². The van der Waals surface area contributed by atoms with E-state index in [1.54, 1.807) is 25.9 Å². The van der Waals surface area contributed by atoms with E-state index in [9.17, 15) is 19.5 Å². The first-order valence-electron chi connectivity index (χ1n) is 18.6. The Morgan fingerprint density at radius 3 is 2.41 bits per heavy atom. The van der Waals surface area contributed by atoms with E-state index in [1.807, 2.05) is 46.7 Å².